The third-order valence-corrected chi connectivity index (χ3v) is 1.47. The van der Waals surface area contributed by atoms with Gasteiger partial charge in [-0.05, 0) is 0 Å². The molecule has 0 bridgehead atoms. The van der Waals surface area contributed by atoms with E-state index in [1.807, 2.05) is 0 Å². The molecule has 0 amide bonds. The fourth-order valence-electron chi connectivity index (χ4n) is 0.654. The van der Waals surface area contributed by atoms with Crippen LogP contribution in [-0.4, -0.2) is 64.0 Å². The van der Waals surface area contributed by atoms with Gasteiger partial charge in [-0.25, -0.2) is 0 Å². The largest absolute Gasteiger partial charge is 1.00 e. The van der Waals surface area contributed by atoms with Crippen molar-refractivity contribution in [2.24, 2.45) is 0 Å². The van der Waals surface area contributed by atoms with E-state index in [-0.39, 0.29) is 217 Å². The average molecular weight is 415 g/mol. The minimum atomic E-state index is -2.56. The molecule has 0 fully saturated rings. The number of carboxylic acids is 1. The van der Waals surface area contributed by atoms with Crippen molar-refractivity contribution >= 4 is 5.97 Å². The number of carboxylic acid groups (broad SMARTS) is 1. The second-order valence-electron chi connectivity index (χ2n) is 2.76. The Bertz CT molecular complexity index is 205. The molecule has 8 nitrogen and oxygen atoms in total. The molecule has 0 aromatic heterocycles. The van der Waals surface area contributed by atoms with Crippen molar-refractivity contribution in [2.75, 3.05) is 13.2 Å². The molecule has 0 aliphatic heterocycles. The van der Waals surface area contributed by atoms with Crippen molar-refractivity contribution in [1.29, 1.82) is 0 Å². The zero-order chi connectivity index (χ0) is 13.3. The van der Waals surface area contributed by atoms with E-state index in [4.69, 9.17) is 25.5 Å². The molecule has 0 heterocycles. The normalized spacial score (nSPS) is 13.5. The second kappa shape index (κ2) is 30.4. The van der Waals surface area contributed by atoms with Gasteiger partial charge in [0.25, 0.3) is 0 Å². The number of aliphatic carboxylic acids is 1. The van der Waals surface area contributed by atoms with Crippen LogP contribution in [0.15, 0.2) is 0 Å². The summed E-state index contributed by atoms with van der Waals surface area (Å²) in [5, 5.41) is 64.0. The van der Waals surface area contributed by atoms with Gasteiger partial charge in [-0.2, -0.15) is 0 Å². The Morgan fingerprint density at radius 3 is 1.52 bits per heavy atom. The van der Waals surface area contributed by atoms with Crippen LogP contribution in [0.2, 0.25) is 0 Å². The van der Waals surface area contributed by atoms with Gasteiger partial charge in [0.1, 0.15) is 12.2 Å². The molecule has 0 radical (unpaired) electrons. The molecule has 4 atom stereocenters. The van der Waals surface area contributed by atoms with Crippen LogP contribution < -0.4 is 226 Å². The van der Waals surface area contributed by atoms with E-state index in [0.717, 1.165) is 0 Å². The van der Waals surface area contributed by atoms with Crippen LogP contribution >= 0.6 is 0 Å². The van der Waals surface area contributed by atoms with Crippen molar-refractivity contribution in [3.63, 3.8) is 0 Å². The summed E-state index contributed by atoms with van der Waals surface area (Å²) in [5.74, 6) is -2.09. The SMILES string of the molecule is CC[O-].O=C([O-])[C@H]([O-])[C@@H](O)[C@H](O)[C@H](O)CO.[F-].[K+].[K+].[K+].[K+]. The minimum absolute atomic E-state index is 0. The van der Waals surface area contributed by atoms with E-state index in [1.165, 1.54) is 0 Å². The Morgan fingerprint density at radius 2 is 1.33 bits per heavy atom. The van der Waals surface area contributed by atoms with E-state index in [9.17, 15) is 15.0 Å². The molecule has 0 aliphatic carbocycles. The fourth-order valence-corrected chi connectivity index (χ4v) is 0.654. The van der Waals surface area contributed by atoms with Crippen molar-refractivity contribution in [1.82, 2.24) is 0 Å². The molecule has 4 N–H and O–H groups in total. The summed E-state index contributed by atoms with van der Waals surface area (Å²) in [7, 11) is 0. The van der Waals surface area contributed by atoms with Crippen LogP contribution in [0, 0.1) is 0 Å². The van der Waals surface area contributed by atoms with E-state index in [2.05, 4.69) is 0 Å². The van der Waals surface area contributed by atoms with Gasteiger partial charge >= 0.3 is 206 Å². The number of hydrogen-bond acceptors (Lipinski definition) is 8. The molecule has 13 heteroatoms. The molecule has 106 valence electrons. The summed E-state index contributed by atoms with van der Waals surface area (Å²) in [6.45, 7) is 0.679. The first-order chi connectivity index (χ1) is 7.33. The number of rotatable bonds is 5. The average Bonchev–Trinajstić information content (AvgIpc) is 2.25. The summed E-state index contributed by atoms with van der Waals surface area (Å²) >= 11 is 0. The number of carbonyl (C=O) groups excluding carboxylic acids is 1. The summed E-state index contributed by atoms with van der Waals surface area (Å²) in [4.78, 5) is 9.92. The third kappa shape index (κ3) is 25.7. The molecular formula is C8H15FK4O8. The van der Waals surface area contributed by atoms with Gasteiger partial charge in [-0.3, -0.25) is 0 Å². The molecule has 0 aromatic rings. The van der Waals surface area contributed by atoms with Crippen LogP contribution in [0.4, 0.5) is 0 Å². The van der Waals surface area contributed by atoms with E-state index in [0.29, 0.717) is 0 Å². The Morgan fingerprint density at radius 1 is 1.05 bits per heavy atom. The summed E-state index contributed by atoms with van der Waals surface area (Å²) in [5.41, 5.74) is 0. The maximum atomic E-state index is 10.5. The van der Waals surface area contributed by atoms with Gasteiger partial charge in [0, 0.05) is 5.97 Å². The van der Waals surface area contributed by atoms with Crippen molar-refractivity contribution in [3.8, 4) is 0 Å². The standard InChI is InChI=1S/C6H11O7.C2H5O.FH.4K/c7-1-2(8)3(9)4(10)5(11)6(12)13;1-2-3;;;;;/h2-5,7-10H,1H2,(H,12,13);2H2,1H3;1H;;;;/q2*-1;;4*+1/p-2/t2-,3-,4+,5-;;;;;;/m1....../s1. The van der Waals surface area contributed by atoms with Gasteiger partial charge in [0.15, 0.2) is 0 Å². The Labute approximate surface area is 292 Å². The first-order valence-corrected chi connectivity index (χ1v) is 4.43. The van der Waals surface area contributed by atoms with Gasteiger partial charge in [0.2, 0.25) is 0 Å². The summed E-state index contributed by atoms with van der Waals surface area (Å²) in [6, 6.07) is 0. The monoisotopic (exact) mass is 414 g/mol. The predicted octanol–water partition coefficient (Wildman–Crippen LogP) is -21.1. The minimum Gasteiger partial charge on any atom is -1.00 e. The molecule has 21 heavy (non-hydrogen) atoms. The maximum Gasteiger partial charge on any atom is 1.00 e. The van der Waals surface area contributed by atoms with Gasteiger partial charge in [0.05, 0.1) is 12.7 Å². The summed E-state index contributed by atoms with van der Waals surface area (Å²) in [6.07, 6.45) is -8.54. The van der Waals surface area contributed by atoms with E-state index < -0.39 is 37.0 Å². The van der Waals surface area contributed by atoms with Crippen LogP contribution in [0.5, 0.6) is 0 Å². The Hall–Kier alpha value is 5.71. The zero-order valence-electron chi connectivity index (χ0n) is 13.0. The smallest absolute Gasteiger partial charge is 1.00 e. The molecule has 0 spiro atoms. The fraction of sp³-hybridized carbons (Fsp3) is 0.875. The Balaban J connectivity index is -0.0000000451. The van der Waals surface area contributed by atoms with Crippen LogP contribution in [0.25, 0.3) is 0 Å². The van der Waals surface area contributed by atoms with Crippen LogP contribution in [-0.2, 0) is 4.79 Å². The Kier molecular flexibility index (Phi) is 65.9. The van der Waals surface area contributed by atoms with Gasteiger partial charge < -0.3 is 45.2 Å². The molecule has 0 unspecified atom stereocenters. The molecule has 0 rings (SSSR count). The molecule has 0 aromatic carbocycles. The van der Waals surface area contributed by atoms with Crippen molar-refractivity contribution in [3.05, 3.63) is 0 Å². The van der Waals surface area contributed by atoms with Crippen LogP contribution in [0.1, 0.15) is 6.92 Å². The number of hydrogen-bond donors (Lipinski definition) is 4. The number of aliphatic hydroxyl groups is 4. The molecule has 0 saturated heterocycles. The number of halogens is 1. The number of carbonyl (C=O) groups is 1. The van der Waals surface area contributed by atoms with E-state index >= 15 is 0 Å². The maximum absolute atomic E-state index is 10.5. The molecule has 0 aliphatic rings. The predicted molar refractivity (Wildman–Crippen MR) is 44.4 cm³/mol. The van der Waals surface area contributed by atoms with Crippen molar-refractivity contribution in [2.45, 2.75) is 31.3 Å². The topological polar surface area (TPSA) is 167 Å². The second-order valence-corrected chi connectivity index (χ2v) is 2.76. The first-order valence-electron chi connectivity index (χ1n) is 4.43. The quantitative estimate of drug-likeness (QED) is 0.322. The van der Waals surface area contributed by atoms with Crippen molar-refractivity contribution < 1.29 is 251 Å². The third-order valence-electron chi connectivity index (χ3n) is 1.47. The van der Waals surface area contributed by atoms with E-state index in [1.54, 1.807) is 6.92 Å². The van der Waals surface area contributed by atoms with Gasteiger partial charge in [-0.15, -0.1) is 6.61 Å². The molecule has 0 saturated carbocycles. The zero-order valence-corrected chi connectivity index (χ0v) is 25.5. The summed E-state index contributed by atoms with van der Waals surface area (Å²) < 4.78 is 0. The van der Waals surface area contributed by atoms with Crippen LogP contribution in [0.3, 0.4) is 0 Å². The molecular weight excluding hydrogens is 399 g/mol. The first kappa shape index (κ1) is 45.4. The van der Waals surface area contributed by atoms with Gasteiger partial charge in [-0.1, -0.05) is 13.0 Å². The number of aliphatic hydroxyl groups excluding tert-OH is 4.